The van der Waals surface area contributed by atoms with Crippen LogP contribution in [0.1, 0.15) is 15.9 Å². The Bertz CT molecular complexity index is 504. The van der Waals surface area contributed by atoms with Crippen LogP contribution < -0.4 is 0 Å². The summed E-state index contributed by atoms with van der Waals surface area (Å²) in [5, 5.41) is 9.18. The van der Waals surface area contributed by atoms with Crippen LogP contribution in [0.2, 0.25) is 0 Å². The molecule has 0 atom stereocenters. The maximum absolute atomic E-state index is 13.3. The van der Waals surface area contributed by atoms with E-state index in [0.717, 1.165) is 19.6 Å². The van der Waals surface area contributed by atoms with Crippen molar-refractivity contribution in [3.63, 3.8) is 0 Å². The zero-order chi connectivity index (χ0) is 15.9. The van der Waals surface area contributed by atoms with Gasteiger partial charge in [-0.2, -0.15) is 0 Å². The Morgan fingerprint density at radius 2 is 2.09 bits per heavy atom. The SMILES string of the molecule is Cc1cc(C(=O)N(CCO)CCN2CCOCC2)ccc1F. The van der Waals surface area contributed by atoms with Crippen LogP contribution in [0.3, 0.4) is 0 Å². The first-order valence-corrected chi connectivity index (χ1v) is 7.58. The van der Waals surface area contributed by atoms with E-state index in [0.29, 0.717) is 30.9 Å². The first-order chi connectivity index (χ1) is 10.6. The fraction of sp³-hybridized carbons (Fsp3) is 0.562. The van der Waals surface area contributed by atoms with E-state index in [1.807, 2.05) is 0 Å². The van der Waals surface area contributed by atoms with Gasteiger partial charge in [-0.25, -0.2) is 4.39 Å². The van der Waals surface area contributed by atoms with Crippen molar-refractivity contribution in [3.05, 3.63) is 35.1 Å². The maximum Gasteiger partial charge on any atom is 0.253 e. The molecular weight excluding hydrogens is 287 g/mol. The molecule has 1 amide bonds. The zero-order valence-corrected chi connectivity index (χ0v) is 12.9. The van der Waals surface area contributed by atoms with Crippen LogP contribution in [0.4, 0.5) is 4.39 Å². The van der Waals surface area contributed by atoms with E-state index in [-0.39, 0.29) is 24.9 Å². The highest BCUT2D eigenvalue weighted by molar-refractivity contribution is 5.94. The average molecular weight is 310 g/mol. The van der Waals surface area contributed by atoms with Gasteiger partial charge in [0.15, 0.2) is 0 Å². The average Bonchev–Trinajstić information content (AvgIpc) is 2.54. The minimum absolute atomic E-state index is 0.0883. The van der Waals surface area contributed by atoms with E-state index in [9.17, 15) is 14.3 Å². The molecule has 0 aromatic heterocycles. The topological polar surface area (TPSA) is 53.0 Å². The van der Waals surface area contributed by atoms with Crippen LogP contribution in [0.15, 0.2) is 18.2 Å². The molecule has 0 aliphatic carbocycles. The van der Waals surface area contributed by atoms with Gasteiger partial charge in [0.25, 0.3) is 5.91 Å². The number of ether oxygens (including phenoxy) is 1. The zero-order valence-electron chi connectivity index (χ0n) is 12.9. The third-order valence-corrected chi connectivity index (χ3v) is 3.85. The van der Waals surface area contributed by atoms with E-state index < -0.39 is 0 Å². The standard InChI is InChI=1S/C16H23FN2O3/c1-13-12-14(2-3-15(13)17)16(21)19(6-9-20)5-4-18-7-10-22-11-8-18/h2-3,12,20H,4-11H2,1H3. The van der Waals surface area contributed by atoms with E-state index in [1.54, 1.807) is 17.9 Å². The smallest absolute Gasteiger partial charge is 0.253 e. The third-order valence-electron chi connectivity index (χ3n) is 3.85. The molecule has 0 radical (unpaired) electrons. The van der Waals surface area contributed by atoms with E-state index in [2.05, 4.69) is 4.90 Å². The number of aliphatic hydroxyl groups is 1. The first-order valence-electron chi connectivity index (χ1n) is 7.58. The number of amides is 1. The molecule has 0 spiro atoms. The molecular formula is C16H23FN2O3. The van der Waals surface area contributed by atoms with Crippen LogP contribution in [0.25, 0.3) is 0 Å². The van der Waals surface area contributed by atoms with Gasteiger partial charge in [0.1, 0.15) is 5.82 Å². The van der Waals surface area contributed by atoms with Gasteiger partial charge in [-0.15, -0.1) is 0 Å². The largest absolute Gasteiger partial charge is 0.395 e. The van der Waals surface area contributed by atoms with Crippen molar-refractivity contribution in [2.45, 2.75) is 6.92 Å². The number of rotatable bonds is 6. The van der Waals surface area contributed by atoms with Crippen molar-refractivity contribution >= 4 is 5.91 Å². The second kappa shape index (κ2) is 8.22. The summed E-state index contributed by atoms with van der Waals surface area (Å²) in [6.07, 6.45) is 0. The number of hydrogen-bond acceptors (Lipinski definition) is 4. The summed E-state index contributed by atoms with van der Waals surface area (Å²) in [6, 6.07) is 4.35. The number of carbonyl (C=O) groups is 1. The molecule has 1 heterocycles. The van der Waals surface area contributed by atoms with Gasteiger partial charge >= 0.3 is 0 Å². The highest BCUT2D eigenvalue weighted by Crippen LogP contribution is 2.12. The van der Waals surface area contributed by atoms with Gasteiger partial charge in [0.05, 0.1) is 19.8 Å². The van der Waals surface area contributed by atoms with Crippen molar-refractivity contribution in [2.75, 3.05) is 52.5 Å². The summed E-state index contributed by atoms with van der Waals surface area (Å²) in [4.78, 5) is 16.4. The van der Waals surface area contributed by atoms with Crippen molar-refractivity contribution in [1.29, 1.82) is 0 Å². The number of halogens is 1. The predicted molar refractivity (Wildman–Crippen MR) is 81.4 cm³/mol. The molecule has 5 nitrogen and oxygen atoms in total. The van der Waals surface area contributed by atoms with Crippen molar-refractivity contribution in [3.8, 4) is 0 Å². The molecule has 22 heavy (non-hydrogen) atoms. The minimum atomic E-state index is -0.321. The first kappa shape index (κ1) is 16.9. The van der Waals surface area contributed by atoms with Crippen LogP contribution in [0, 0.1) is 12.7 Å². The fourth-order valence-corrected chi connectivity index (χ4v) is 2.48. The van der Waals surface area contributed by atoms with Crippen LogP contribution in [-0.4, -0.2) is 73.4 Å². The fourth-order valence-electron chi connectivity index (χ4n) is 2.48. The number of carbonyl (C=O) groups excluding carboxylic acids is 1. The van der Waals surface area contributed by atoms with Gasteiger partial charge in [-0.05, 0) is 30.7 Å². The van der Waals surface area contributed by atoms with E-state index >= 15 is 0 Å². The van der Waals surface area contributed by atoms with Gasteiger partial charge in [-0.3, -0.25) is 9.69 Å². The summed E-state index contributed by atoms with van der Waals surface area (Å²) in [5.41, 5.74) is 0.900. The Kier molecular flexibility index (Phi) is 6.30. The molecule has 1 aliphatic heterocycles. The number of morpholine rings is 1. The number of hydrogen-bond donors (Lipinski definition) is 1. The molecule has 1 fully saturated rings. The molecule has 1 N–H and O–H groups in total. The number of nitrogens with zero attached hydrogens (tertiary/aromatic N) is 2. The molecule has 122 valence electrons. The lowest BCUT2D eigenvalue weighted by molar-refractivity contribution is 0.0315. The summed E-state index contributed by atoms with van der Waals surface area (Å²) >= 11 is 0. The Labute approximate surface area is 130 Å². The van der Waals surface area contributed by atoms with E-state index in [1.165, 1.54) is 12.1 Å². The highest BCUT2D eigenvalue weighted by Gasteiger charge is 2.18. The molecule has 6 heteroatoms. The van der Waals surface area contributed by atoms with Gasteiger partial charge < -0.3 is 14.7 Å². The quantitative estimate of drug-likeness (QED) is 0.848. The molecule has 1 aliphatic rings. The molecule has 0 bridgehead atoms. The Morgan fingerprint density at radius 1 is 1.36 bits per heavy atom. The van der Waals surface area contributed by atoms with Crippen LogP contribution in [-0.2, 0) is 4.74 Å². The van der Waals surface area contributed by atoms with Crippen LogP contribution >= 0.6 is 0 Å². The number of aliphatic hydroxyl groups excluding tert-OH is 1. The summed E-state index contributed by atoms with van der Waals surface area (Å²) in [7, 11) is 0. The molecule has 1 saturated heterocycles. The normalized spacial score (nSPS) is 15.8. The summed E-state index contributed by atoms with van der Waals surface area (Å²) in [5.74, 6) is -0.496. The van der Waals surface area contributed by atoms with Crippen molar-refractivity contribution in [2.24, 2.45) is 0 Å². The second-order valence-corrected chi connectivity index (χ2v) is 5.43. The maximum atomic E-state index is 13.3. The molecule has 1 aromatic rings. The van der Waals surface area contributed by atoms with Gasteiger partial charge in [0.2, 0.25) is 0 Å². The molecule has 1 aromatic carbocycles. The molecule has 0 saturated carbocycles. The number of aryl methyl sites for hydroxylation is 1. The Balaban J connectivity index is 1.99. The lowest BCUT2D eigenvalue weighted by Gasteiger charge is -2.30. The molecule has 0 unspecified atom stereocenters. The highest BCUT2D eigenvalue weighted by atomic mass is 19.1. The summed E-state index contributed by atoms with van der Waals surface area (Å²) in [6.45, 7) is 6.25. The van der Waals surface area contributed by atoms with Gasteiger partial charge in [0, 0.05) is 38.3 Å². The second-order valence-electron chi connectivity index (χ2n) is 5.43. The minimum Gasteiger partial charge on any atom is -0.395 e. The monoisotopic (exact) mass is 310 g/mol. The lowest BCUT2D eigenvalue weighted by Crippen LogP contribution is -2.43. The molecule has 2 rings (SSSR count). The van der Waals surface area contributed by atoms with Gasteiger partial charge in [-0.1, -0.05) is 0 Å². The third kappa shape index (κ3) is 4.50. The predicted octanol–water partition coefficient (Wildman–Crippen LogP) is 0.901. The van der Waals surface area contributed by atoms with E-state index in [4.69, 9.17) is 4.74 Å². The number of benzene rings is 1. The Morgan fingerprint density at radius 3 is 2.73 bits per heavy atom. The Hall–Kier alpha value is -1.50. The lowest BCUT2D eigenvalue weighted by atomic mass is 10.1. The summed E-state index contributed by atoms with van der Waals surface area (Å²) < 4.78 is 18.6. The van der Waals surface area contributed by atoms with Crippen LogP contribution in [0.5, 0.6) is 0 Å². The van der Waals surface area contributed by atoms with Crippen molar-refractivity contribution in [1.82, 2.24) is 9.80 Å². The van der Waals surface area contributed by atoms with Crippen molar-refractivity contribution < 1.29 is 19.0 Å².